The van der Waals surface area contributed by atoms with Gasteiger partial charge in [-0.3, -0.25) is 0 Å². The Morgan fingerprint density at radius 2 is 2.00 bits per heavy atom. The van der Waals surface area contributed by atoms with Gasteiger partial charge in [0, 0.05) is 26.1 Å². The fourth-order valence-electron chi connectivity index (χ4n) is 2.15. The predicted molar refractivity (Wildman–Crippen MR) is 79.3 cm³/mol. The van der Waals surface area contributed by atoms with Crippen LogP contribution in [0.1, 0.15) is 24.5 Å². The Hall–Kier alpha value is -0.630. The molecule has 0 bridgehead atoms. The minimum Gasteiger partial charge on any atom is -0.378 e. The van der Waals surface area contributed by atoms with Crippen molar-refractivity contribution < 1.29 is 4.74 Å². The number of ether oxygens (including phenoxy) is 1. The second-order valence-electron chi connectivity index (χ2n) is 4.70. The molecule has 1 aromatic rings. The summed E-state index contributed by atoms with van der Waals surface area (Å²) < 4.78 is 6.55. The van der Waals surface area contributed by atoms with Crippen molar-refractivity contribution >= 4 is 34.4 Å². The van der Waals surface area contributed by atoms with E-state index in [2.05, 4.69) is 37.8 Å². The fraction of sp³-hybridized carbons (Fsp3) is 0.667. The quantitative estimate of drug-likeness (QED) is 0.834. The monoisotopic (exact) mass is 360 g/mol. The highest BCUT2D eigenvalue weighted by molar-refractivity contribution is 14.1. The number of halogens is 1. The molecule has 1 aliphatic carbocycles. The van der Waals surface area contributed by atoms with Crippen LogP contribution in [0.3, 0.4) is 0 Å². The van der Waals surface area contributed by atoms with E-state index in [1.807, 2.05) is 7.05 Å². The molecule has 1 aromatic heterocycles. The zero-order valence-electron chi connectivity index (χ0n) is 10.4. The van der Waals surface area contributed by atoms with Gasteiger partial charge < -0.3 is 15.0 Å². The zero-order valence-corrected chi connectivity index (χ0v) is 12.6. The summed E-state index contributed by atoms with van der Waals surface area (Å²) in [5, 5.41) is 3.18. The predicted octanol–water partition coefficient (Wildman–Crippen LogP) is 1.84. The molecule has 6 heteroatoms. The van der Waals surface area contributed by atoms with Crippen LogP contribution in [0.15, 0.2) is 0 Å². The maximum absolute atomic E-state index is 5.38. The van der Waals surface area contributed by atoms with Crippen LogP contribution in [0.4, 0.5) is 11.8 Å². The molecule has 0 radical (unpaired) electrons. The summed E-state index contributed by atoms with van der Waals surface area (Å²) in [7, 11) is 1.92. The van der Waals surface area contributed by atoms with E-state index in [1.165, 1.54) is 22.1 Å². The molecule has 98 valence electrons. The number of aromatic nitrogens is 2. The van der Waals surface area contributed by atoms with E-state index < -0.39 is 0 Å². The van der Waals surface area contributed by atoms with Crippen LogP contribution in [0.25, 0.3) is 0 Å². The van der Waals surface area contributed by atoms with Gasteiger partial charge >= 0.3 is 0 Å². The molecule has 2 aliphatic rings. The lowest BCUT2D eigenvalue weighted by atomic mass is 10.3. The molecule has 0 aromatic carbocycles. The van der Waals surface area contributed by atoms with Gasteiger partial charge in [-0.2, -0.15) is 4.98 Å². The molecule has 0 unspecified atom stereocenters. The van der Waals surface area contributed by atoms with Crippen molar-refractivity contribution in [2.75, 3.05) is 43.6 Å². The zero-order chi connectivity index (χ0) is 12.5. The third-order valence-corrected chi connectivity index (χ3v) is 4.42. The maximum atomic E-state index is 5.38. The number of anilines is 2. The lowest BCUT2D eigenvalue weighted by molar-refractivity contribution is 0.122. The van der Waals surface area contributed by atoms with Crippen molar-refractivity contribution in [2.24, 2.45) is 0 Å². The molecular formula is C12H17IN4O. The van der Waals surface area contributed by atoms with Crippen LogP contribution >= 0.6 is 22.6 Å². The Labute approximate surface area is 120 Å². The van der Waals surface area contributed by atoms with Gasteiger partial charge in [0.15, 0.2) is 0 Å². The van der Waals surface area contributed by atoms with Crippen LogP contribution in [-0.2, 0) is 4.74 Å². The molecule has 2 fully saturated rings. The molecule has 3 rings (SSSR count). The number of morpholine rings is 1. The van der Waals surface area contributed by atoms with Gasteiger partial charge in [0.1, 0.15) is 5.82 Å². The van der Waals surface area contributed by atoms with Gasteiger partial charge in [0.05, 0.1) is 22.5 Å². The van der Waals surface area contributed by atoms with Crippen molar-refractivity contribution in [2.45, 2.75) is 18.8 Å². The highest BCUT2D eigenvalue weighted by Crippen LogP contribution is 2.42. The molecule has 0 spiro atoms. The third-order valence-electron chi connectivity index (χ3n) is 3.36. The molecule has 2 heterocycles. The average Bonchev–Trinajstić information content (AvgIpc) is 3.24. The normalized spacial score (nSPS) is 20.0. The SMILES string of the molecule is CNc1nc(N2CCOCC2)nc(C2CC2)c1I. The Bertz CT molecular complexity index is 444. The first kappa shape index (κ1) is 12.4. The van der Waals surface area contributed by atoms with Gasteiger partial charge in [0.2, 0.25) is 5.95 Å². The largest absolute Gasteiger partial charge is 0.378 e. The fourth-order valence-corrected chi connectivity index (χ4v) is 3.10. The molecule has 1 N–H and O–H groups in total. The summed E-state index contributed by atoms with van der Waals surface area (Å²) in [6, 6.07) is 0. The number of nitrogens with one attached hydrogen (secondary N) is 1. The summed E-state index contributed by atoms with van der Waals surface area (Å²) in [4.78, 5) is 11.6. The lowest BCUT2D eigenvalue weighted by Crippen LogP contribution is -2.37. The van der Waals surface area contributed by atoms with E-state index in [1.54, 1.807) is 0 Å². The van der Waals surface area contributed by atoms with E-state index in [0.29, 0.717) is 5.92 Å². The van der Waals surface area contributed by atoms with Gasteiger partial charge in [-0.15, -0.1) is 0 Å². The minimum atomic E-state index is 0.645. The first-order chi connectivity index (χ1) is 8.79. The topological polar surface area (TPSA) is 50.3 Å². The minimum absolute atomic E-state index is 0.645. The van der Waals surface area contributed by atoms with Crippen molar-refractivity contribution in [1.82, 2.24) is 9.97 Å². The summed E-state index contributed by atoms with van der Waals surface area (Å²) in [5.41, 5.74) is 1.22. The number of rotatable bonds is 3. The van der Waals surface area contributed by atoms with Crippen LogP contribution in [0, 0.1) is 3.57 Å². The van der Waals surface area contributed by atoms with E-state index in [9.17, 15) is 0 Å². The Kier molecular flexibility index (Phi) is 3.56. The Balaban J connectivity index is 1.95. The Morgan fingerprint density at radius 3 is 2.61 bits per heavy atom. The van der Waals surface area contributed by atoms with Crippen molar-refractivity contribution in [3.8, 4) is 0 Å². The van der Waals surface area contributed by atoms with Gasteiger partial charge in [0.25, 0.3) is 0 Å². The molecule has 1 aliphatic heterocycles. The van der Waals surface area contributed by atoms with Crippen LogP contribution in [0.2, 0.25) is 0 Å². The standard InChI is InChI=1S/C12H17IN4O/c1-14-11-9(13)10(8-2-3-8)15-12(16-11)17-4-6-18-7-5-17/h8H,2-7H2,1H3,(H,14,15,16). The maximum Gasteiger partial charge on any atom is 0.227 e. The van der Waals surface area contributed by atoms with Gasteiger partial charge in [-0.05, 0) is 35.4 Å². The molecule has 18 heavy (non-hydrogen) atoms. The summed E-state index contributed by atoms with van der Waals surface area (Å²) in [5.74, 6) is 2.45. The highest BCUT2D eigenvalue weighted by Gasteiger charge is 2.30. The Morgan fingerprint density at radius 1 is 1.28 bits per heavy atom. The van der Waals surface area contributed by atoms with E-state index >= 15 is 0 Å². The first-order valence-electron chi connectivity index (χ1n) is 6.37. The molecule has 5 nitrogen and oxygen atoms in total. The lowest BCUT2D eigenvalue weighted by Gasteiger charge is -2.27. The van der Waals surface area contributed by atoms with E-state index in [-0.39, 0.29) is 0 Å². The average molecular weight is 360 g/mol. The van der Waals surface area contributed by atoms with Crippen LogP contribution < -0.4 is 10.2 Å². The molecule has 0 atom stereocenters. The number of hydrogen-bond acceptors (Lipinski definition) is 5. The van der Waals surface area contributed by atoms with E-state index in [0.717, 1.165) is 38.1 Å². The molecule has 1 saturated carbocycles. The number of hydrogen-bond donors (Lipinski definition) is 1. The molecule has 0 amide bonds. The summed E-state index contributed by atoms with van der Waals surface area (Å²) >= 11 is 2.35. The third kappa shape index (κ3) is 2.40. The first-order valence-corrected chi connectivity index (χ1v) is 7.45. The number of nitrogens with zero attached hydrogens (tertiary/aromatic N) is 3. The van der Waals surface area contributed by atoms with Gasteiger partial charge in [-0.1, -0.05) is 0 Å². The van der Waals surface area contributed by atoms with Crippen molar-refractivity contribution in [3.05, 3.63) is 9.26 Å². The van der Waals surface area contributed by atoms with Crippen molar-refractivity contribution in [1.29, 1.82) is 0 Å². The summed E-state index contributed by atoms with van der Waals surface area (Å²) in [6.07, 6.45) is 2.53. The van der Waals surface area contributed by atoms with E-state index in [4.69, 9.17) is 9.72 Å². The molecule has 1 saturated heterocycles. The van der Waals surface area contributed by atoms with Crippen LogP contribution in [0.5, 0.6) is 0 Å². The van der Waals surface area contributed by atoms with Crippen molar-refractivity contribution in [3.63, 3.8) is 0 Å². The second-order valence-corrected chi connectivity index (χ2v) is 5.77. The van der Waals surface area contributed by atoms with Crippen LogP contribution in [-0.4, -0.2) is 43.3 Å². The second kappa shape index (κ2) is 5.16. The smallest absolute Gasteiger partial charge is 0.227 e. The highest BCUT2D eigenvalue weighted by atomic mass is 127. The molecular weight excluding hydrogens is 343 g/mol. The summed E-state index contributed by atoms with van der Waals surface area (Å²) in [6.45, 7) is 3.30. The van der Waals surface area contributed by atoms with Gasteiger partial charge in [-0.25, -0.2) is 4.98 Å².